The first-order chi connectivity index (χ1) is 7.29. The molecule has 1 aromatic heterocycles. The zero-order chi connectivity index (χ0) is 12.3. The number of carbonyl (C=O) groups excluding carboxylic acids is 1. The fraction of sp³-hybridized carbons (Fsp3) is 0.455. The molecule has 16 heavy (non-hydrogen) atoms. The van der Waals surface area contributed by atoms with Crippen LogP contribution < -0.4 is 0 Å². The van der Waals surface area contributed by atoms with E-state index >= 15 is 0 Å². The standard InChI is InChI=1S/C11H12F3NO/c1-7-3-4-9(8(2)15-7)10(16)5-6-11(12,13)14/h3-4H,5-6H2,1-2H3. The van der Waals surface area contributed by atoms with Gasteiger partial charge in [-0.05, 0) is 26.0 Å². The first kappa shape index (κ1) is 12.7. The van der Waals surface area contributed by atoms with E-state index in [0.717, 1.165) is 5.69 Å². The molecule has 0 fully saturated rings. The molecule has 0 N–H and O–H groups in total. The van der Waals surface area contributed by atoms with Crippen LogP contribution in [0.5, 0.6) is 0 Å². The van der Waals surface area contributed by atoms with Gasteiger partial charge in [-0.2, -0.15) is 13.2 Å². The third-order valence-electron chi connectivity index (χ3n) is 2.16. The second-order valence-electron chi connectivity index (χ2n) is 3.62. The van der Waals surface area contributed by atoms with Crippen molar-refractivity contribution in [3.8, 4) is 0 Å². The number of hydrogen-bond donors (Lipinski definition) is 0. The maximum Gasteiger partial charge on any atom is 0.389 e. The van der Waals surface area contributed by atoms with E-state index in [0.29, 0.717) is 5.69 Å². The Balaban J connectivity index is 2.74. The highest BCUT2D eigenvalue weighted by Gasteiger charge is 2.28. The second kappa shape index (κ2) is 4.63. The summed E-state index contributed by atoms with van der Waals surface area (Å²) in [4.78, 5) is 15.5. The number of aryl methyl sites for hydroxylation is 2. The molecule has 0 saturated carbocycles. The van der Waals surface area contributed by atoms with Crippen LogP contribution in [0.2, 0.25) is 0 Å². The lowest BCUT2D eigenvalue weighted by Gasteiger charge is -2.07. The van der Waals surface area contributed by atoms with Crippen molar-refractivity contribution in [2.45, 2.75) is 32.9 Å². The van der Waals surface area contributed by atoms with E-state index in [1.807, 2.05) is 0 Å². The molecule has 5 heteroatoms. The van der Waals surface area contributed by atoms with E-state index < -0.39 is 24.8 Å². The van der Waals surface area contributed by atoms with Crippen LogP contribution in [0.3, 0.4) is 0 Å². The summed E-state index contributed by atoms with van der Waals surface area (Å²) in [6.45, 7) is 3.38. The Morgan fingerprint density at radius 3 is 2.44 bits per heavy atom. The quantitative estimate of drug-likeness (QED) is 0.747. The highest BCUT2D eigenvalue weighted by atomic mass is 19.4. The minimum atomic E-state index is -4.29. The van der Waals surface area contributed by atoms with Crippen LogP contribution >= 0.6 is 0 Å². The molecule has 1 heterocycles. The largest absolute Gasteiger partial charge is 0.389 e. The number of ketones is 1. The summed E-state index contributed by atoms with van der Waals surface area (Å²) < 4.78 is 35.8. The van der Waals surface area contributed by atoms with Crippen LogP contribution in [0, 0.1) is 13.8 Å². The Morgan fingerprint density at radius 1 is 1.31 bits per heavy atom. The molecule has 0 radical (unpaired) electrons. The number of carbonyl (C=O) groups is 1. The Kier molecular flexibility index (Phi) is 3.67. The Morgan fingerprint density at radius 2 is 1.94 bits per heavy atom. The van der Waals surface area contributed by atoms with Gasteiger partial charge in [0.15, 0.2) is 5.78 Å². The van der Waals surface area contributed by atoms with Crippen LogP contribution in [0.1, 0.15) is 34.6 Å². The van der Waals surface area contributed by atoms with Crippen molar-refractivity contribution in [2.75, 3.05) is 0 Å². The molecule has 0 aromatic carbocycles. The average molecular weight is 231 g/mol. The minimum absolute atomic E-state index is 0.273. The van der Waals surface area contributed by atoms with E-state index in [-0.39, 0.29) is 5.56 Å². The van der Waals surface area contributed by atoms with Gasteiger partial charge in [-0.15, -0.1) is 0 Å². The molecule has 0 spiro atoms. The van der Waals surface area contributed by atoms with Gasteiger partial charge < -0.3 is 0 Å². The van der Waals surface area contributed by atoms with E-state index in [1.165, 1.54) is 6.07 Å². The number of nitrogens with zero attached hydrogens (tertiary/aromatic N) is 1. The maximum absolute atomic E-state index is 11.9. The van der Waals surface area contributed by atoms with Gasteiger partial charge in [0.25, 0.3) is 0 Å². The number of pyridine rings is 1. The van der Waals surface area contributed by atoms with E-state index in [2.05, 4.69) is 4.98 Å². The zero-order valence-electron chi connectivity index (χ0n) is 9.06. The van der Waals surface area contributed by atoms with Gasteiger partial charge in [-0.3, -0.25) is 9.78 Å². The highest BCUT2D eigenvalue weighted by molar-refractivity contribution is 5.97. The molecule has 2 nitrogen and oxygen atoms in total. The van der Waals surface area contributed by atoms with Crippen LogP contribution in [-0.2, 0) is 0 Å². The molecule has 88 valence electrons. The molecular formula is C11H12F3NO. The Labute approximate surface area is 91.5 Å². The highest BCUT2D eigenvalue weighted by Crippen LogP contribution is 2.23. The second-order valence-corrected chi connectivity index (χ2v) is 3.62. The molecule has 1 rings (SSSR count). The predicted octanol–water partition coefficient (Wildman–Crippen LogP) is 3.22. The third kappa shape index (κ3) is 3.64. The lowest BCUT2D eigenvalue weighted by Crippen LogP contribution is -2.12. The number of halogens is 3. The van der Waals surface area contributed by atoms with Crippen LogP contribution in [0.15, 0.2) is 12.1 Å². The van der Waals surface area contributed by atoms with Crippen LogP contribution in [0.25, 0.3) is 0 Å². The van der Waals surface area contributed by atoms with Gasteiger partial charge in [0.1, 0.15) is 0 Å². The summed E-state index contributed by atoms with van der Waals surface area (Å²) in [7, 11) is 0. The fourth-order valence-electron chi connectivity index (χ4n) is 1.37. The summed E-state index contributed by atoms with van der Waals surface area (Å²) >= 11 is 0. The lowest BCUT2D eigenvalue weighted by molar-refractivity contribution is -0.133. The zero-order valence-corrected chi connectivity index (χ0v) is 9.06. The maximum atomic E-state index is 11.9. The molecule has 0 unspecified atom stereocenters. The Bertz CT molecular complexity index is 399. The summed E-state index contributed by atoms with van der Waals surface area (Å²) in [6, 6.07) is 3.14. The first-order valence-electron chi connectivity index (χ1n) is 4.84. The molecule has 0 aliphatic carbocycles. The van der Waals surface area contributed by atoms with Crippen molar-refractivity contribution in [3.63, 3.8) is 0 Å². The van der Waals surface area contributed by atoms with Gasteiger partial charge in [-0.25, -0.2) is 0 Å². The number of Topliss-reactive ketones (excluding diaryl/α,β-unsaturated/α-hetero) is 1. The van der Waals surface area contributed by atoms with Gasteiger partial charge >= 0.3 is 6.18 Å². The molecule has 0 atom stereocenters. The number of hydrogen-bond acceptors (Lipinski definition) is 2. The van der Waals surface area contributed by atoms with Gasteiger partial charge in [0.2, 0.25) is 0 Å². The van der Waals surface area contributed by atoms with Crippen molar-refractivity contribution >= 4 is 5.78 Å². The summed E-state index contributed by atoms with van der Waals surface area (Å²) in [5.74, 6) is -0.512. The van der Waals surface area contributed by atoms with Gasteiger partial charge in [0.05, 0.1) is 6.42 Å². The van der Waals surface area contributed by atoms with E-state index in [9.17, 15) is 18.0 Å². The SMILES string of the molecule is Cc1ccc(C(=O)CCC(F)(F)F)c(C)n1. The van der Waals surface area contributed by atoms with E-state index in [1.54, 1.807) is 19.9 Å². The van der Waals surface area contributed by atoms with Crippen molar-refractivity contribution in [1.82, 2.24) is 4.98 Å². The van der Waals surface area contributed by atoms with Gasteiger partial charge in [-0.1, -0.05) is 0 Å². The van der Waals surface area contributed by atoms with Crippen molar-refractivity contribution < 1.29 is 18.0 Å². The smallest absolute Gasteiger partial charge is 0.294 e. The minimum Gasteiger partial charge on any atom is -0.294 e. The van der Waals surface area contributed by atoms with E-state index in [4.69, 9.17) is 0 Å². The summed E-state index contributed by atoms with van der Waals surface area (Å²) in [5, 5.41) is 0. The average Bonchev–Trinajstić information content (AvgIpc) is 2.13. The third-order valence-corrected chi connectivity index (χ3v) is 2.16. The van der Waals surface area contributed by atoms with Crippen molar-refractivity contribution in [1.29, 1.82) is 0 Å². The molecular weight excluding hydrogens is 219 g/mol. The molecule has 0 bridgehead atoms. The number of alkyl halides is 3. The molecule has 1 aromatic rings. The fourth-order valence-corrected chi connectivity index (χ4v) is 1.37. The predicted molar refractivity (Wildman–Crippen MR) is 53.3 cm³/mol. The molecule has 0 saturated heterocycles. The number of aromatic nitrogens is 1. The van der Waals surface area contributed by atoms with Gasteiger partial charge in [0, 0.05) is 23.4 Å². The van der Waals surface area contributed by atoms with Crippen molar-refractivity contribution in [3.05, 3.63) is 29.1 Å². The topological polar surface area (TPSA) is 30.0 Å². The monoisotopic (exact) mass is 231 g/mol. The summed E-state index contributed by atoms with van der Waals surface area (Å²) in [6.07, 6.45) is -5.89. The van der Waals surface area contributed by atoms with Crippen LogP contribution in [0.4, 0.5) is 13.2 Å². The molecule has 0 aliphatic heterocycles. The molecule has 0 aliphatic rings. The Hall–Kier alpha value is -1.39. The van der Waals surface area contributed by atoms with Crippen LogP contribution in [-0.4, -0.2) is 16.9 Å². The molecule has 0 amide bonds. The number of rotatable bonds is 3. The lowest BCUT2D eigenvalue weighted by atomic mass is 10.0. The van der Waals surface area contributed by atoms with Crippen molar-refractivity contribution in [2.24, 2.45) is 0 Å². The summed E-state index contributed by atoms with van der Waals surface area (Å²) in [5.41, 5.74) is 1.49. The normalized spacial score (nSPS) is 11.6. The first-order valence-corrected chi connectivity index (χ1v) is 4.84.